The monoisotopic (exact) mass is 499 g/mol. The fraction of sp³-hybridized carbons (Fsp3) is 0.462. The zero-order valence-electron chi connectivity index (χ0n) is 20.0. The second-order valence-electron chi connectivity index (χ2n) is 9.30. The summed E-state index contributed by atoms with van der Waals surface area (Å²) < 4.78 is 32.7. The van der Waals surface area contributed by atoms with Crippen molar-refractivity contribution in [3.63, 3.8) is 0 Å². The number of nitrogens with one attached hydrogen (secondary N) is 2. The van der Waals surface area contributed by atoms with Gasteiger partial charge in [0, 0.05) is 32.2 Å². The number of rotatable bonds is 8. The van der Waals surface area contributed by atoms with Gasteiger partial charge in [-0.1, -0.05) is 42.0 Å². The van der Waals surface area contributed by atoms with Gasteiger partial charge in [-0.2, -0.15) is 0 Å². The van der Waals surface area contributed by atoms with E-state index in [0.29, 0.717) is 43.7 Å². The molecule has 4 rings (SSSR count). The van der Waals surface area contributed by atoms with Crippen molar-refractivity contribution in [1.29, 1.82) is 0 Å². The van der Waals surface area contributed by atoms with Crippen LogP contribution in [0.3, 0.4) is 0 Å². The van der Waals surface area contributed by atoms with E-state index >= 15 is 0 Å². The van der Waals surface area contributed by atoms with Crippen molar-refractivity contribution >= 4 is 27.5 Å². The molecule has 188 valence electrons. The van der Waals surface area contributed by atoms with E-state index in [9.17, 15) is 18.0 Å². The fourth-order valence-electron chi connectivity index (χ4n) is 4.51. The SMILES string of the molecule is Cc1ccc(CS(=O)(=O)N2CCC(C(=O)Nc3ccccc3C(=O)NC[C@H]3CCCO3)CC2)cc1. The summed E-state index contributed by atoms with van der Waals surface area (Å²) in [6.45, 7) is 3.73. The van der Waals surface area contributed by atoms with Gasteiger partial charge in [-0.05, 0) is 50.3 Å². The molecule has 0 radical (unpaired) electrons. The number of piperidine rings is 1. The van der Waals surface area contributed by atoms with Crippen LogP contribution in [-0.2, 0) is 25.3 Å². The lowest BCUT2D eigenvalue weighted by molar-refractivity contribution is -0.120. The molecule has 0 unspecified atom stereocenters. The minimum absolute atomic E-state index is 0.0353. The summed E-state index contributed by atoms with van der Waals surface area (Å²) in [7, 11) is -3.45. The first-order chi connectivity index (χ1) is 16.8. The molecular formula is C26H33N3O5S. The normalized spacial score (nSPS) is 19.4. The predicted octanol–water partition coefficient (Wildman–Crippen LogP) is 3.08. The Bertz CT molecular complexity index is 1140. The van der Waals surface area contributed by atoms with Gasteiger partial charge in [0.05, 0.1) is 23.1 Å². The first-order valence-electron chi connectivity index (χ1n) is 12.1. The summed E-state index contributed by atoms with van der Waals surface area (Å²) in [5.41, 5.74) is 2.69. The highest BCUT2D eigenvalue weighted by Gasteiger charge is 2.31. The summed E-state index contributed by atoms with van der Waals surface area (Å²) in [6.07, 6.45) is 2.84. The van der Waals surface area contributed by atoms with E-state index in [1.165, 1.54) is 4.31 Å². The Balaban J connectivity index is 1.31. The lowest BCUT2D eigenvalue weighted by Crippen LogP contribution is -2.42. The van der Waals surface area contributed by atoms with E-state index in [4.69, 9.17) is 4.74 Å². The molecule has 2 aliphatic heterocycles. The average molecular weight is 500 g/mol. The number of anilines is 1. The van der Waals surface area contributed by atoms with Crippen LogP contribution in [0.15, 0.2) is 48.5 Å². The van der Waals surface area contributed by atoms with Crippen LogP contribution in [0.4, 0.5) is 5.69 Å². The van der Waals surface area contributed by atoms with Crippen molar-refractivity contribution in [2.45, 2.75) is 44.5 Å². The number of nitrogens with zero attached hydrogens (tertiary/aromatic N) is 1. The number of aryl methyl sites for hydroxylation is 1. The van der Waals surface area contributed by atoms with E-state index in [2.05, 4.69) is 10.6 Å². The Morgan fingerprint density at radius 1 is 1.03 bits per heavy atom. The van der Waals surface area contributed by atoms with Crippen molar-refractivity contribution in [3.8, 4) is 0 Å². The lowest BCUT2D eigenvalue weighted by Gasteiger charge is -2.30. The number of hydrogen-bond acceptors (Lipinski definition) is 5. The summed E-state index contributed by atoms with van der Waals surface area (Å²) in [6, 6.07) is 14.4. The van der Waals surface area contributed by atoms with Crippen LogP contribution < -0.4 is 10.6 Å². The van der Waals surface area contributed by atoms with Gasteiger partial charge < -0.3 is 15.4 Å². The minimum Gasteiger partial charge on any atom is -0.376 e. The molecule has 0 saturated carbocycles. The third kappa shape index (κ3) is 6.68. The van der Waals surface area contributed by atoms with Gasteiger partial charge in [0.25, 0.3) is 5.91 Å². The number of ether oxygens (including phenoxy) is 1. The molecule has 9 heteroatoms. The van der Waals surface area contributed by atoms with Gasteiger partial charge in [0.1, 0.15) is 0 Å². The van der Waals surface area contributed by atoms with Crippen molar-refractivity contribution < 1.29 is 22.7 Å². The number of sulfonamides is 1. The van der Waals surface area contributed by atoms with Gasteiger partial charge in [-0.25, -0.2) is 12.7 Å². The van der Waals surface area contributed by atoms with Gasteiger partial charge in [0.2, 0.25) is 15.9 Å². The molecule has 2 aliphatic rings. The minimum atomic E-state index is -3.45. The van der Waals surface area contributed by atoms with E-state index in [-0.39, 0.29) is 29.6 Å². The first-order valence-corrected chi connectivity index (χ1v) is 13.8. The van der Waals surface area contributed by atoms with Crippen LogP contribution in [0.5, 0.6) is 0 Å². The lowest BCUT2D eigenvalue weighted by atomic mass is 9.97. The first kappa shape index (κ1) is 25.3. The van der Waals surface area contributed by atoms with Gasteiger partial charge in [-0.15, -0.1) is 0 Å². The summed E-state index contributed by atoms with van der Waals surface area (Å²) in [5.74, 6) is -0.810. The molecule has 2 saturated heterocycles. The van der Waals surface area contributed by atoms with Crippen LogP contribution in [0.2, 0.25) is 0 Å². The number of para-hydroxylation sites is 1. The summed E-state index contributed by atoms with van der Waals surface area (Å²) >= 11 is 0. The Morgan fingerprint density at radius 2 is 1.74 bits per heavy atom. The van der Waals surface area contributed by atoms with Crippen molar-refractivity contribution in [1.82, 2.24) is 9.62 Å². The predicted molar refractivity (Wildman–Crippen MR) is 134 cm³/mol. The van der Waals surface area contributed by atoms with Crippen LogP contribution in [0, 0.1) is 12.8 Å². The van der Waals surface area contributed by atoms with E-state index in [1.54, 1.807) is 24.3 Å². The molecule has 0 bridgehead atoms. The fourth-order valence-corrected chi connectivity index (χ4v) is 6.08. The Kier molecular flexibility index (Phi) is 8.20. The molecule has 2 aromatic carbocycles. The quantitative estimate of drug-likeness (QED) is 0.581. The third-order valence-corrected chi connectivity index (χ3v) is 8.48. The topological polar surface area (TPSA) is 105 Å². The maximum atomic E-state index is 13.0. The molecule has 0 spiro atoms. The number of carbonyl (C=O) groups excluding carboxylic acids is 2. The third-order valence-electron chi connectivity index (χ3n) is 6.63. The zero-order valence-corrected chi connectivity index (χ0v) is 20.9. The zero-order chi connectivity index (χ0) is 24.8. The molecule has 0 aromatic heterocycles. The highest BCUT2D eigenvalue weighted by Crippen LogP contribution is 2.24. The molecule has 35 heavy (non-hydrogen) atoms. The summed E-state index contributed by atoms with van der Waals surface area (Å²) in [4.78, 5) is 25.7. The van der Waals surface area contributed by atoms with Crippen molar-refractivity contribution in [2.24, 2.45) is 5.92 Å². The number of hydrogen-bond donors (Lipinski definition) is 2. The molecule has 2 amide bonds. The second kappa shape index (κ2) is 11.3. The Labute approximate surface area is 207 Å². The van der Waals surface area contributed by atoms with Crippen LogP contribution >= 0.6 is 0 Å². The Morgan fingerprint density at radius 3 is 2.43 bits per heavy atom. The van der Waals surface area contributed by atoms with Crippen LogP contribution in [0.25, 0.3) is 0 Å². The highest BCUT2D eigenvalue weighted by molar-refractivity contribution is 7.88. The van der Waals surface area contributed by atoms with Crippen molar-refractivity contribution in [3.05, 3.63) is 65.2 Å². The number of amides is 2. The van der Waals surface area contributed by atoms with Crippen molar-refractivity contribution in [2.75, 3.05) is 31.6 Å². The van der Waals surface area contributed by atoms with Gasteiger partial charge in [0.15, 0.2) is 0 Å². The van der Waals surface area contributed by atoms with Crippen LogP contribution in [0.1, 0.15) is 47.2 Å². The largest absolute Gasteiger partial charge is 0.376 e. The van der Waals surface area contributed by atoms with Gasteiger partial charge in [-0.3, -0.25) is 9.59 Å². The molecule has 2 fully saturated rings. The number of benzene rings is 2. The van der Waals surface area contributed by atoms with Gasteiger partial charge >= 0.3 is 0 Å². The molecule has 8 nitrogen and oxygen atoms in total. The maximum Gasteiger partial charge on any atom is 0.253 e. The van der Waals surface area contributed by atoms with E-state index in [1.807, 2.05) is 31.2 Å². The Hall–Kier alpha value is -2.75. The highest BCUT2D eigenvalue weighted by atomic mass is 32.2. The molecule has 2 aromatic rings. The van der Waals surface area contributed by atoms with Crippen LogP contribution in [-0.4, -0.2) is 56.9 Å². The maximum absolute atomic E-state index is 13.0. The van der Waals surface area contributed by atoms with E-state index in [0.717, 1.165) is 30.6 Å². The smallest absolute Gasteiger partial charge is 0.253 e. The average Bonchev–Trinajstić information content (AvgIpc) is 3.38. The summed E-state index contributed by atoms with van der Waals surface area (Å²) in [5, 5.41) is 5.78. The molecule has 0 aliphatic carbocycles. The molecule has 1 atom stereocenters. The van der Waals surface area contributed by atoms with E-state index < -0.39 is 10.0 Å². The second-order valence-corrected chi connectivity index (χ2v) is 11.3. The standard InChI is InChI=1S/C26H33N3O5S/c1-19-8-10-20(11-9-19)18-35(32,33)29-14-12-21(13-15-29)25(30)28-24-7-3-2-6-23(24)26(31)27-17-22-5-4-16-34-22/h2-3,6-11,21-22H,4-5,12-18H2,1H3,(H,27,31)(H,28,30)/t22-/m1/s1. The molecular weight excluding hydrogens is 466 g/mol. The molecule has 2 N–H and O–H groups in total. The number of carbonyl (C=O) groups is 2. The molecule has 2 heterocycles.